The number of nitrogens with zero attached hydrogens (tertiary/aromatic N) is 2. The highest BCUT2D eigenvalue weighted by Gasteiger charge is 2.19. The van der Waals surface area contributed by atoms with E-state index in [0.29, 0.717) is 5.69 Å². The van der Waals surface area contributed by atoms with Gasteiger partial charge in [0.1, 0.15) is 17.1 Å². The van der Waals surface area contributed by atoms with Crippen molar-refractivity contribution >= 4 is 11.6 Å². The highest BCUT2D eigenvalue weighted by atomic mass is 19.1. The minimum atomic E-state index is -0.624. The lowest BCUT2D eigenvalue weighted by Gasteiger charge is -2.03. The third-order valence-corrected chi connectivity index (χ3v) is 3.47. The quantitative estimate of drug-likeness (QED) is 0.567. The molecule has 0 saturated heterocycles. The summed E-state index contributed by atoms with van der Waals surface area (Å²) in [6.45, 7) is -0.0111. The van der Waals surface area contributed by atoms with Crippen LogP contribution in [0, 0.1) is 15.9 Å². The summed E-state index contributed by atoms with van der Waals surface area (Å²) in [5.41, 5.74) is 0.286. The molecule has 126 valence electrons. The summed E-state index contributed by atoms with van der Waals surface area (Å²) >= 11 is 0. The molecule has 0 aliphatic carbocycles. The Kier molecular flexibility index (Phi) is 4.51. The molecule has 0 aliphatic rings. The fourth-order valence-corrected chi connectivity index (χ4v) is 2.27. The van der Waals surface area contributed by atoms with Gasteiger partial charge in [-0.2, -0.15) is 0 Å². The summed E-state index contributed by atoms with van der Waals surface area (Å²) in [7, 11) is 0. The number of benzene rings is 2. The van der Waals surface area contributed by atoms with Crippen molar-refractivity contribution in [3.05, 3.63) is 81.8 Å². The van der Waals surface area contributed by atoms with Crippen LogP contribution >= 0.6 is 0 Å². The van der Waals surface area contributed by atoms with Crippen LogP contribution in [0.25, 0.3) is 11.3 Å². The van der Waals surface area contributed by atoms with Gasteiger partial charge >= 0.3 is 0 Å². The van der Waals surface area contributed by atoms with Crippen LogP contribution in [0.3, 0.4) is 0 Å². The molecule has 25 heavy (non-hydrogen) atoms. The first-order valence-electron chi connectivity index (χ1n) is 7.28. The van der Waals surface area contributed by atoms with E-state index in [2.05, 4.69) is 10.5 Å². The summed E-state index contributed by atoms with van der Waals surface area (Å²) < 4.78 is 18.8. The van der Waals surface area contributed by atoms with Crippen LogP contribution in [0.5, 0.6) is 0 Å². The molecule has 8 heteroatoms. The van der Waals surface area contributed by atoms with Crippen molar-refractivity contribution in [2.75, 3.05) is 0 Å². The minimum absolute atomic E-state index is 0.0111. The zero-order valence-corrected chi connectivity index (χ0v) is 12.8. The van der Waals surface area contributed by atoms with E-state index in [0.717, 1.165) is 0 Å². The number of rotatable bonds is 5. The summed E-state index contributed by atoms with van der Waals surface area (Å²) in [6, 6.07) is 13.2. The van der Waals surface area contributed by atoms with Crippen molar-refractivity contribution in [3.63, 3.8) is 0 Å². The van der Waals surface area contributed by atoms with E-state index < -0.39 is 16.6 Å². The number of para-hydroxylation sites is 1. The predicted octanol–water partition coefficient (Wildman–Crippen LogP) is 3.32. The molecule has 1 aromatic heterocycles. The van der Waals surface area contributed by atoms with Crippen molar-refractivity contribution in [3.8, 4) is 11.3 Å². The van der Waals surface area contributed by atoms with E-state index >= 15 is 0 Å². The Balaban J connectivity index is 1.72. The van der Waals surface area contributed by atoms with Crippen molar-refractivity contribution < 1.29 is 18.6 Å². The molecule has 0 saturated carbocycles. The van der Waals surface area contributed by atoms with Gasteiger partial charge in [0.2, 0.25) is 0 Å². The van der Waals surface area contributed by atoms with Crippen LogP contribution in [0.1, 0.15) is 16.1 Å². The summed E-state index contributed by atoms with van der Waals surface area (Å²) in [6.07, 6.45) is 0. The van der Waals surface area contributed by atoms with Gasteiger partial charge in [0, 0.05) is 12.1 Å². The summed E-state index contributed by atoms with van der Waals surface area (Å²) in [5.74, 6) is -0.829. The highest BCUT2D eigenvalue weighted by molar-refractivity contribution is 5.98. The van der Waals surface area contributed by atoms with Crippen molar-refractivity contribution in [2.45, 2.75) is 6.54 Å². The van der Waals surface area contributed by atoms with Gasteiger partial charge in [0.15, 0.2) is 5.76 Å². The lowest BCUT2D eigenvalue weighted by atomic mass is 10.1. The average Bonchev–Trinajstić information content (AvgIpc) is 3.08. The Morgan fingerprint density at radius 1 is 1.20 bits per heavy atom. The second kappa shape index (κ2) is 6.91. The molecule has 2 aromatic carbocycles. The van der Waals surface area contributed by atoms with E-state index in [9.17, 15) is 19.3 Å². The van der Waals surface area contributed by atoms with E-state index in [4.69, 9.17) is 4.52 Å². The standard InChI is InChI=1S/C17H12FN3O4/c18-14-7-3-1-5-12(14)16-9-11(20-25-16)10-19-17(22)13-6-2-4-8-15(13)21(23)24/h1-9H,10H2,(H,19,22). The molecule has 3 rings (SSSR count). The zero-order chi connectivity index (χ0) is 17.8. The summed E-state index contributed by atoms with van der Waals surface area (Å²) in [5, 5.41) is 17.3. The number of carbonyl (C=O) groups excluding carboxylic acids is 1. The Bertz CT molecular complexity index is 939. The van der Waals surface area contributed by atoms with Crippen LogP contribution in [-0.2, 0) is 6.54 Å². The lowest BCUT2D eigenvalue weighted by molar-refractivity contribution is -0.385. The van der Waals surface area contributed by atoms with Gasteiger partial charge in [-0.15, -0.1) is 0 Å². The number of hydrogen-bond donors (Lipinski definition) is 1. The number of nitro groups is 1. The number of amides is 1. The number of hydrogen-bond acceptors (Lipinski definition) is 5. The summed E-state index contributed by atoms with van der Waals surface area (Å²) in [4.78, 5) is 22.5. The molecule has 0 unspecified atom stereocenters. The van der Waals surface area contributed by atoms with Gasteiger partial charge in [0.05, 0.1) is 17.0 Å². The molecule has 3 aromatic rings. The monoisotopic (exact) mass is 341 g/mol. The van der Waals surface area contributed by atoms with Gasteiger partial charge in [-0.3, -0.25) is 14.9 Å². The third-order valence-electron chi connectivity index (χ3n) is 3.47. The van der Waals surface area contributed by atoms with Crippen molar-refractivity contribution in [1.29, 1.82) is 0 Å². The van der Waals surface area contributed by atoms with E-state index in [1.165, 1.54) is 36.4 Å². The Morgan fingerprint density at radius 2 is 1.92 bits per heavy atom. The molecular weight excluding hydrogens is 329 g/mol. The second-order valence-electron chi connectivity index (χ2n) is 5.12. The molecule has 7 nitrogen and oxygen atoms in total. The minimum Gasteiger partial charge on any atom is -0.356 e. The molecule has 0 fully saturated rings. The van der Waals surface area contributed by atoms with E-state index in [-0.39, 0.29) is 29.1 Å². The largest absolute Gasteiger partial charge is 0.356 e. The van der Waals surface area contributed by atoms with Crippen LogP contribution in [0.4, 0.5) is 10.1 Å². The molecule has 0 radical (unpaired) electrons. The second-order valence-corrected chi connectivity index (χ2v) is 5.12. The van der Waals surface area contributed by atoms with Gasteiger partial charge in [-0.1, -0.05) is 29.4 Å². The van der Waals surface area contributed by atoms with Crippen LogP contribution in [-0.4, -0.2) is 16.0 Å². The first-order valence-corrected chi connectivity index (χ1v) is 7.28. The third kappa shape index (κ3) is 3.52. The smallest absolute Gasteiger partial charge is 0.282 e. The highest BCUT2D eigenvalue weighted by Crippen LogP contribution is 2.23. The van der Waals surface area contributed by atoms with Crippen LogP contribution in [0.15, 0.2) is 59.1 Å². The van der Waals surface area contributed by atoms with Crippen molar-refractivity contribution in [1.82, 2.24) is 10.5 Å². The van der Waals surface area contributed by atoms with Gasteiger partial charge in [-0.05, 0) is 18.2 Å². The van der Waals surface area contributed by atoms with Gasteiger partial charge in [0.25, 0.3) is 11.6 Å². The normalized spacial score (nSPS) is 10.4. The first kappa shape index (κ1) is 16.3. The number of nitrogens with one attached hydrogen (secondary N) is 1. The molecule has 0 aliphatic heterocycles. The Morgan fingerprint density at radius 3 is 2.68 bits per heavy atom. The maximum atomic E-state index is 13.7. The molecule has 1 N–H and O–H groups in total. The van der Waals surface area contributed by atoms with E-state index in [1.54, 1.807) is 18.2 Å². The Hall–Kier alpha value is -3.55. The number of halogens is 1. The average molecular weight is 341 g/mol. The fraction of sp³-hybridized carbons (Fsp3) is 0.0588. The molecule has 1 heterocycles. The molecule has 0 bridgehead atoms. The van der Waals surface area contributed by atoms with Gasteiger partial charge < -0.3 is 9.84 Å². The number of carbonyl (C=O) groups is 1. The predicted molar refractivity (Wildman–Crippen MR) is 86.2 cm³/mol. The SMILES string of the molecule is O=C(NCc1cc(-c2ccccc2F)on1)c1ccccc1[N+](=O)[O-]. The van der Waals surface area contributed by atoms with Crippen LogP contribution < -0.4 is 5.32 Å². The zero-order valence-electron chi connectivity index (χ0n) is 12.8. The molecule has 1 amide bonds. The van der Waals surface area contributed by atoms with Crippen molar-refractivity contribution in [2.24, 2.45) is 0 Å². The maximum absolute atomic E-state index is 13.7. The van der Waals surface area contributed by atoms with Crippen LogP contribution in [0.2, 0.25) is 0 Å². The first-order chi connectivity index (χ1) is 12.1. The number of nitro benzene ring substituents is 1. The lowest BCUT2D eigenvalue weighted by Crippen LogP contribution is -2.23. The van der Waals surface area contributed by atoms with E-state index in [1.807, 2.05) is 0 Å². The maximum Gasteiger partial charge on any atom is 0.282 e. The molecule has 0 spiro atoms. The molecular formula is C17H12FN3O4. The fourth-order valence-electron chi connectivity index (χ4n) is 2.27. The van der Waals surface area contributed by atoms with Gasteiger partial charge in [-0.25, -0.2) is 4.39 Å². The topological polar surface area (TPSA) is 98.3 Å². The molecule has 0 atom stereocenters. The number of aromatic nitrogens is 1. The Labute approximate surface area is 141 Å².